The lowest BCUT2D eigenvalue weighted by molar-refractivity contribution is -0.906. The molecule has 0 aromatic heterocycles. The van der Waals surface area contributed by atoms with Crippen molar-refractivity contribution >= 4 is 23.6 Å². The van der Waals surface area contributed by atoms with E-state index in [0.29, 0.717) is 29.6 Å². The first kappa shape index (κ1) is 22.7. The third-order valence-corrected chi connectivity index (χ3v) is 6.36. The first-order valence-corrected chi connectivity index (χ1v) is 11.5. The predicted octanol–water partition coefficient (Wildman–Crippen LogP) is 5.47. The SMILES string of the molecule is C[N@+]1(CC(=O)c2ccccc2)CC[C@H](C(=O)O/C(=C/c2ccccc2)c2ccccc2)CC1. The van der Waals surface area contributed by atoms with E-state index in [-0.39, 0.29) is 17.7 Å². The fourth-order valence-corrected chi connectivity index (χ4v) is 4.31. The van der Waals surface area contributed by atoms with Crippen LogP contribution in [-0.2, 0) is 9.53 Å². The maximum Gasteiger partial charge on any atom is 0.314 e. The molecule has 4 heteroatoms. The molecule has 1 heterocycles. The second-order valence-corrected chi connectivity index (χ2v) is 8.99. The number of rotatable bonds is 7. The number of ketones is 1. The Bertz CT molecular complexity index is 1100. The summed E-state index contributed by atoms with van der Waals surface area (Å²) in [5.41, 5.74) is 2.60. The van der Waals surface area contributed by atoms with Gasteiger partial charge in [-0.2, -0.15) is 0 Å². The molecule has 168 valence electrons. The third-order valence-electron chi connectivity index (χ3n) is 6.36. The van der Waals surface area contributed by atoms with Gasteiger partial charge in [-0.15, -0.1) is 0 Å². The first-order valence-electron chi connectivity index (χ1n) is 11.5. The Hall–Kier alpha value is -3.50. The molecule has 0 aliphatic carbocycles. The molecule has 0 N–H and O–H groups in total. The van der Waals surface area contributed by atoms with Crippen LogP contribution in [0.2, 0.25) is 0 Å². The molecule has 0 amide bonds. The number of benzene rings is 3. The smallest absolute Gasteiger partial charge is 0.314 e. The number of nitrogens with zero attached hydrogens (tertiary/aromatic N) is 1. The summed E-state index contributed by atoms with van der Waals surface area (Å²) in [5.74, 6) is 0.359. The highest BCUT2D eigenvalue weighted by Crippen LogP contribution is 2.27. The van der Waals surface area contributed by atoms with Crippen molar-refractivity contribution in [3.63, 3.8) is 0 Å². The van der Waals surface area contributed by atoms with Gasteiger partial charge in [-0.05, 0) is 11.6 Å². The van der Waals surface area contributed by atoms with Crippen molar-refractivity contribution in [1.82, 2.24) is 0 Å². The van der Waals surface area contributed by atoms with Crippen LogP contribution >= 0.6 is 0 Å². The molecule has 0 radical (unpaired) electrons. The van der Waals surface area contributed by atoms with Crippen LogP contribution in [0.3, 0.4) is 0 Å². The van der Waals surface area contributed by atoms with Crippen LogP contribution in [0.5, 0.6) is 0 Å². The molecule has 0 bridgehead atoms. The lowest BCUT2D eigenvalue weighted by Crippen LogP contribution is -2.53. The van der Waals surface area contributed by atoms with Gasteiger partial charge >= 0.3 is 5.97 Å². The van der Waals surface area contributed by atoms with E-state index in [1.165, 1.54) is 0 Å². The average molecular weight is 441 g/mol. The molecular weight excluding hydrogens is 410 g/mol. The summed E-state index contributed by atoms with van der Waals surface area (Å²) < 4.78 is 6.60. The lowest BCUT2D eigenvalue weighted by atomic mass is 9.94. The molecule has 1 aliphatic heterocycles. The van der Waals surface area contributed by atoms with E-state index < -0.39 is 0 Å². The number of likely N-dealkylation sites (N-methyl/N-ethyl adjacent to an activating group) is 1. The molecule has 3 aromatic rings. The van der Waals surface area contributed by atoms with Crippen molar-refractivity contribution in [2.24, 2.45) is 5.92 Å². The summed E-state index contributed by atoms with van der Waals surface area (Å²) in [5, 5.41) is 0. The average Bonchev–Trinajstić information content (AvgIpc) is 2.85. The quantitative estimate of drug-likeness (QED) is 0.161. The van der Waals surface area contributed by atoms with E-state index >= 15 is 0 Å². The Kier molecular flexibility index (Phi) is 7.16. The van der Waals surface area contributed by atoms with E-state index in [1.807, 2.05) is 97.1 Å². The number of hydrogen-bond donors (Lipinski definition) is 0. The molecule has 0 atom stereocenters. The Labute approximate surface area is 195 Å². The minimum atomic E-state index is -0.193. The Morgan fingerprint density at radius 1 is 0.818 bits per heavy atom. The lowest BCUT2D eigenvalue weighted by Gasteiger charge is -2.39. The summed E-state index contributed by atoms with van der Waals surface area (Å²) >= 11 is 0. The number of esters is 1. The Balaban J connectivity index is 1.41. The van der Waals surface area contributed by atoms with Gasteiger partial charge in [0.2, 0.25) is 5.78 Å². The standard InChI is InChI=1S/C29H30NO3/c1-30(22-27(31)24-13-7-3-8-14-24)19-17-26(18-20-30)29(32)33-28(25-15-9-4-10-16-25)21-23-11-5-2-6-12-23/h2-16,21,26H,17-20,22H2,1H3/q+1/b28-21+/t26-,30-. The summed E-state index contributed by atoms with van der Waals surface area (Å²) in [6.45, 7) is 2.01. The van der Waals surface area contributed by atoms with E-state index in [0.717, 1.165) is 29.8 Å². The molecule has 4 nitrogen and oxygen atoms in total. The van der Waals surface area contributed by atoms with Gasteiger partial charge < -0.3 is 9.22 Å². The molecule has 33 heavy (non-hydrogen) atoms. The topological polar surface area (TPSA) is 43.4 Å². The largest absolute Gasteiger partial charge is 0.426 e. The van der Waals surface area contributed by atoms with Crippen molar-refractivity contribution in [1.29, 1.82) is 0 Å². The van der Waals surface area contributed by atoms with Gasteiger partial charge in [0.25, 0.3) is 0 Å². The zero-order chi connectivity index (χ0) is 23.1. The number of hydrogen-bond acceptors (Lipinski definition) is 3. The minimum Gasteiger partial charge on any atom is -0.426 e. The van der Waals surface area contributed by atoms with Crippen LogP contribution in [0.4, 0.5) is 0 Å². The molecule has 4 rings (SSSR count). The highest BCUT2D eigenvalue weighted by Gasteiger charge is 2.36. The molecule has 0 spiro atoms. The summed E-state index contributed by atoms with van der Waals surface area (Å²) in [6, 6.07) is 29.0. The predicted molar refractivity (Wildman–Crippen MR) is 131 cm³/mol. The fourth-order valence-electron chi connectivity index (χ4n) is 4.31. The number of likely N-dealkylation sites (tertiary alicyclic amines) is 1. The molecule has 1 fully saturated rings. The second-order valence-electron chi connectivity index (χ2n) is 8.99. The first-order chi connectivity index (χ1) is 16.0. The number of ether oxygens (including phenoxy) is 1. The maximum atomic E-state index is 13.1. The number of carbonyl (C=O) groups excluding carboxylic acids is 2. The van der Waals surface area contributed by atoms with Crippen molar-refractivity contribution < 1.29 is 18.8 Å². The van der Waals surface area contributed by atoms with E-state index in [1.54, 1.807) is 0 Å². The van der Waals surface area contributed by atoms with Crippen molar-refractivity contribution in [3.05, 3.63) is 108 Å². The van der Waals surface area contributed by atoms with Gasteiger partial charge in [0.1, 0.15) is 12.3 Å². The second kappa shape index (κ2) is 10.4. The zero-order valence-corrected chi connectivity index (χ0v) is 19.0. The van der Waals surface area contributed by atoms with Gasteiger partial charge in [0.15, 0.2) is 0 Å². The zero-order valence-electron chi connectivity index (χ0n) is 19.0. The molecule has 3 aromatic carbocycles. The van der Waals surface area contributed by atoms with Crippen molar-refractivity contribution in [3.8, 4) is 0 Å². The van der Waals surface area contributed by atoms with Gasteiger partial charge in [0.05, 0.1) is 26.1 Å². The summed E-state index contributed by atoms with van der Waals surface area (Å²) in [4.78, 5) is 25.8. The third kappa shape index (κ3) is 6.05. The van der Waals surface area contributed by atoms with Crippen molar-refractivity contribution in [2.75, 3.05) is 26.7 Å². The number of carbonyl (C=O) groups is 2. The van der Waals surface area contributed by atoms with Crippen LogP contribution < -0.4 is 0 Å². The normalized spacial score (nSPS) is 20.8. The van der Waals surface area contributed by atoms with E-state index in [4.69, 9.17) is 4.74 Å². The number of quaternary nitrogens is 1. The minimum absolute atomic E-state index is 0.149. The van der Waals surface area contributed by atoms with Crippen LogP contribution in [0.25, 0.3) is 11.8 Å². The Morgan fingerprint density at radius 2 is 1.33 bits per heavy atom. The molecule has 0 unspecified atom stereocenters. The highest BCUT2D eigenvalue weighted by molar-refractivity contribution is 5.97. The molecule has 1 aliphatic rings. The van der Waals surface area contributed by atoms with Crippen LogP contribution in [0, 0.1) is 5.92 Å². The van der Waals surface area contributed by atoms with Crippen LogP contribution in [0.1, 0.15) is 34.3 Å². The van der Waals surface area contributed by atoms with Gasteiger partial charge in [-0.25, -0.2) is 0 Å². The molecule has 0 saturated carbocycles. The fraction of sp³-hybridized carbons (Fsp3) is 0.241. The van der Waals surface area contributed by atoms with E-state index in [9.17, 15) is 9.59 Å². The maximum absolute atomic E-state index is 13.1. The summed E-state index contributed by atoms with van der Waals surface area (Å²) in [7, 11) is 2.10. The highest BCUT2D eigenvalue weighted by atomic mass is 16.5. The molecular formula is C29H30NO3+. The Morgan fingerprint density at radius 3 is 1.91 bits per heavy atom. The van der Waals surface area contributed by atoms with Gasteiger partial charge in [0, 0.05) is 24.0 Å². The van der Waals surface area contributed by atoms with Crippen LogP contribution in [0.15, 0.2) is 91.0 Å². The monoisotopic (exact) mass is 440 g/mol. The summed E-state index contributed by atoms with van der Waals surface area (Å²) in [6.07, 6.45) is 3.34. The molecule has 1 saturated heterocycles. The van der Waals surface area contributed by atoms with E-state index in [2.05, 4.69) is 7.05 Å². The van der Waals surface area contributed by atoms with Crippen molar-refractivity contribution in [2.45, 2.75) is 12.8 Å². The number of Topliss-reactive ketones (excluding diaryl/α,β-unsaturated/α-hetero) is 1. The van der Waals surface area contributed by atoms with Gasteiger partial charge in [-0.1, -0.05) is 91.0 Å². The van der Waals surface area contributed by atoms with Gasteiger partial charge in [-0.3, -0.25) is 9.59 Å². The number of piperidine rings is 1. The van der Waals surface area contributed by atoms with Crippen LogP contribution in [-0.4, -0.2) is 42.9 Å².